The highest BCUT2D eigenvalue weighted by Gasteiger charge is 2.06. The lowest BCUT2D eigenvalue weighted by atomic mass is 10.1. The van der Waals surface area contributed by atoms with Crippen LogP contribution in [0.5, 0.6) is 0 Å². The van der Waals surface area contributed by atoms with Gasteiger partial charge in [-0.15, -0.1) is 11.8 Å². The van der Waals surface area contributed by atoms with Gasteiger partial charge in [0.1, 0.15) is 5.03 Å². The van der Waals surface area contributed by atoms with Gasteiger partial charge in [0.2, 0.25) is 0 Å². The largest absolute Gasteiger partial charge is 0.326 e. The molecule has 2 N–H and O–H groups in total. The molecule has 0 atom stereocenters. The second-order valence-corrected chi connectivity index (χ2v) is 5.58. The third-order valence-corrected chi connectivity index (χ3v) is 3.77. The maximum absolute atomic E-state index is 5.81. The van der Waals surface area contributed by atoms with Crippen LogP contribution < -0.4 is 5.73 Å². The molecule has 96 valence electrons. The van der Waals surface area contributed by atoms with Crippen molar-refractivity contribution in [2.24, 2.45) is 5.73 Å². The maximum atomic E-state index is 5.81. The summed E-state index contributed by atoms with van der Waals surface area (Å²) in [6, 6.07) is 10.3. The SMILES string of the molecule is CN(C)CCSc1nc2ccccc2cc1CN. The molecule has 18 heavy (non-hydrogen) atoms. The van der Waals surface area contributed by atoms with E-state index in [-0.39, 0.29) is 0 Å². The molecule has 0 saturated carbocycles. The number of para-hydroxylation sites is 1. The lowest BCUT2D eigenvalue weighted by Crippen LogP contribution is -2.15. The molecule has 0 aliphatic rings. The fourth-order valence-electron chi connectivity index (χ4n) is 1.74. The lowest BCUT2D eigenvalue weighted by molar-refractivity contribution is 0.437. The minimum absolute atomic E-state index is 0.544. The monoisotopic (exact) mass is 261 g/mol. The first-order chi connectivity index (χ1) is 8.70. The number of rotatable bonds is 5. The van der Waals surface area contributed by atoms with E-state index in [9.17, 15) is 0 Å². The zero-order valence-electron chi connectivity index (χ0n) is 10.9. The van der Waals surface area contributed by atoms with Gasteiger partial charge in [0, 0.05) is 24.2 Å². The molecule has 4 heteroatoms. The van der Waals surface area contributed by atoms with Crippen molar-refractivity contribution in [1.29, 1.82) is 0 Å². The van der Waals surface area contributed by atoms with E-state index >= 15 is 0 Å². The normalized spacial score (nSPS) is 11.3. The third kappa shape index (κ3) is 3.22. The van der Waals surface area contributed by atoms with Gasteiger partial charge in [0.25, 0.3) is 0 Å². The predicted molar refractivity (Wildman–Crippen MR) is 78.9 cm³/mol. The summed E-state index contributed by atoms with van der Waals surface area (Å²) in [5.41, 5.74) is 7.99. The van der Waals surface area contributed by atoms with Gasteiger partial charge in [-0.2, -0.15) is 0 Å². The highest BCUT2D eigenvalue weighted by Crippen LogP contribution is 2.24. The number of hydrogen-bond acceptors (Lipinski definition) is 4. The van der Waals surface area contributed by atoms with Crippen LogP contribution in [0, 0.1) is 0 Å². The Hall–Kier alpha value is -1.10. The second-order valence-electron chi connectivity index (χ2n) is 4.50. The zero-order valence-corrected chi connectivity index (χ0v) is 11.7. The van der Waals surface area contributed by atoms with Crippen molar-refractivity contribution in [2.45, 2.75) is 11.6 Å². The van der Waals surface area contributed by atoms with Gasteiger partial charge in [0.05, 0.1) is 5.52 Å². The molecule has 0 radical (unpaired) electrons. The molecule has 0 amide bonds. The molecule has 0 saturated heterocycles. The van der Waals surface area contributed by atoms with Crippen LogP contribution in [0.15, 0.2) is 35.4 Å². The summed E-state index contributed by atoms with van der Waals surface area (Å²) in [5.74, 6) is 1.03. The molecule has 0 unspecified atom stereocenters. The molecular formula is C14H19N3S. The van der Waals surface area contributed by atoms with Crippen molar-refractivity contribution in [3.8, 4) is 0 Å². The Bertz CT molecular complexity index is 525. The minimum atomic E-state index is 0.544. The van der Waals surface area contributed by atoms with Gasteiger partial charge in [-0.1, -0.05) is 18.2 Å². The molecule has 3 nitrogen and oxygen atoms in total. The molecule has 0 fully saturated rings. The summed E-state index contributed by atoms with van der Waals surface area (Å²) in [6.07, 6.45) is 0. The van der Waals surface area contributed by atoms with Crippen molar-refractivity contribution in [2.75, 3.05) is 26.4 Å². The van der Waals surface area contributed by atoms with E-state index in [1.165, 1.54) is 0 Å². The number of benzene rings is 1. The predicted octanol–water partition coefficient (Wildman–Crippen LogP) is 2.35. The average Bonchev–Trinajstić information content (AvgIpc) is 2.37. The van der Waals surface area contributed by atoms with Crippen LogP contribution >= 0.6 is 11.8 Å². The summed E-state index contributed by atoms with van der Waals surface area (Å²) < 4.78 is 0. The molecular weight excluding hydrogens is 242 g/mol. The Kier molecular flexibility index (Phi) is 4.58. The van der Waals surface area contributed by atoms with Crippen LogP contribution in [0.2, 0.25) is 0 Å². The first kappa shape index (κ1) is 13.3. The summed E-state index contributed by atoms with van der Waals surface area (Å²) >= 11 is 1.78. The first-order valence-electron chi connectivity index (χ1n) is 6.07. The number of hydrogen-bond donors (Lipinski definition) is 1. The summed E-state index contributed by atoms with van der Waals surface area (Å²) in [6.45, 7) is 1.59. The van der Waals surface area contributed by atoms with Gasteiger partial charge < -0.3 is 10.6 Å². The summed E-state index contributed by atoms with van der Waals surface area (Å²) in [5, 5.41) is 2.23. The van der Waals surface area contributed by atoms with E-state index in [1.807, 2.05) is 18.2 Å². The van der Waals surface area contributed by atoms with Crippen LogP contribution in [0.4, 0.5) is 0 Å². The number of nitrogens with two attached hydrogens (primary N) is 1. The molecule has 0 aliphatic heterocycles. The van der Waals surface area contributed by atoms with Crippen LogP contribution in [0.25, 0.3) is 10.9 Å². The number of fused-ring (bicyclic) bond motifs is 1. The first-order valence-corrected chi connectivity index (χ1v) is 7.05. The van der Waals surface area contributed by atoms with E-state index < -0.39 is 0 Å². The summed E-state index contributed by atoms with van der Waals surface area (Å²) in [4.78, 5) is 6.88. The lowest BCUT2D eigenvalue weighted by Gasteiger charge is -2.11. The number of thioether (sulfide) groups is 1. The minimum Gasteiger partial charge on any atom is -0.326 e. The van der Waals surface area contributed by atoms with Crippen molar-refractivity contribution in [1.82, 2.24) is 9.88 Å². The summed E-state index contributed by atoms with van der Waals surface area (Å²) in [7, 11) is 4.16. The molecule has 0 aliphatic carbocycles. The van der Waals surface area contributed by atoms with E-state index in [1.54, 1.807) is 11.8 Å². The van der Waals surface area contributed by atoms with Gasteiger partial charge in [-0.3, -0.25) is 0 Å². The second kappa shape index (κ2) is 6.18. The Morgan fingerprint density at radius 1 is 1.28 bits per heavy atom. The van der Waals surface area contributed by atoms with Crippen LogP contribution in [0.1, 0.15) is 5.56 Å². The molecule has 1 aromatic carbocycles. The Morgan fingerprint density at radius 3 is 2.78 bits per heavy atom. The molecule has 2 aromatic rings. The van der Waals surface area contributed by atoms with Crippen molar-refractivity contribution in [3.05, 3.63) is 35.9 Å². The number of aromatic nitrogens is 1. The third-order valence-electron chi connectivity index (χ3n) is 2.76. The van der Waals surface area contributed by atoms with E-state index in [2.05, 4.69) is 31.1 Å². The highest BCUT2D eigenvalue weighted by molar-refractivity contribution is 7.99. The van der Waals surface area contributed by atoms with Crippen molar-refractivity contribution >= 4 is 22.7 Å². The van der Waals surface area contributed by atoms with Crippen LogP contribution in [0.3, 0.4) is 0 Å². The van der Waals surface area contributed by atoms with Gasteiger partial charge >= 0.3 is 0 Å². The van der Waals surface area contributed by atoms with Gasteiger partial charge in [-0.25, -0.2) is 4.98 Å². The van der Waals surface area contributed by atoms with Gasteiger partial charge in [-0.05, 0) is 31.8 Å². The fourth-order valence-corrected chi connectivity index (χ4v) is 2.88. The smallest absolute Gasteiger partial charge is 0.101 e. The highest BCUT2D eigenvalue weighted by atomic mass is 32.2. The van der Waals surface area contributed by atoms with Crippen LogP contribution in [-0.2, 0) is 6.54 Å². The molecule has 0 bridgehead atoms. The van der Waals surface area contributed by atoms with Crippen molar-refractivity contribution < 1.29 is 0 Å². The topological polar surface area (TPSA) is 42.2 Å². The molecule has 0 spiro atoms. The Morgan fingerprint density at radius 2 is 2.06 bits per heavy atom. The van der Waals surface area contributed by atoms with Crippen LogP contribution in [-0.4, -0.2) is 36.3 Å². The maximum Gasteiger partial charge on any atom is 0.101 e. The Labute approximate surface area is 112 Å². The molecule has 2 rings (SSSR count). The molecule has 1 aromatic heterocycles. The number of nitrogens with zero attached hydrogens (tertiary/aromatic N) is 2. The van der Waals surface area contributed by atoms with Gasteiger partial charge in [0.15, 0.2) is 0 Å². The molecule has 1 heterocycles. The van der Waals surface area contributed by atoms with Crippen molar-refractivity contribution in [3.63, 3.8) is 0 Å². The van der Waals surface area contributed by atoms with E-state index in [4.69, 9.17) is 10.7 Å². The van der Waals surface area contributed by atoms with E-state index in [0.29, 0.717) is 6.54 Å². The quantitative estimate of drug-likeness (QED) is 0.839. The fraction of sp³-hybridized carbons (Fsp3) is 0.357. The Balaban J connectivity index is 2.24. The number of pyridine rings is 1. The van der Waals surface area contributed by atoms with E-state index in [0.717, 1.165) is 33.8 Å². The average molecular weight is 261 g/mol. The zero-order chi connectivity index (χ0) is 13.0. The standard InChI is InChI=1S/C14H19N3S/c1-17(2)7-8-18-14-12(10-15)9-11-5-3-4-6-13(11)16-14/h3-6,9H,7-8,10,15H2,1-2H3.